The molecule has 168 valence electrons. The zero-order valence-electron chi connectivity index (χ0n) is 18.9. The number of carboxylic acid groups (broad SMARTS) is 2. The molecule has 0 bridgehead atoms. The number of aromatic carboxylic acids is 2. The van der Waals surface area contributed by atoms with E-state index in [0.29, 0.717) is 11.1 Å². The van der Waals surface area contributed by atoms with Crippen LogP contribution >= 0.6 is 0 Å². The maximum absolute atomic E-state index is 11.3. The Hall–Kier alpha value is -3.58. The van der Waals surface area contributed by atoms with E-state index in [1.165, 1.54) is 26.0 Å². The normalized spacial score (nSPS) is 9.33. The number of para-hydroxylation sites is 2. The molecule has 0 aliphatic carbocycles. The van der Waals surface area contributed by atoms with Crippen molar-refractivity contribution < 1.29 is 58.3 Å². The van der Waals surface area contributed by atoms with Gasteiger partial charge in [-0.25, -0.2) is 9.59 Å². The molecule has 0 amide bonds. The van der Waals surface area contributed by atoms with Crippen LogP contribution in [-0.2, 0) is 29.1 Å². The van der Waals surface area contributed by atoms with E-state index in [2.05, 4.69) is 13.2 Å². The minimum atomic E-state index is -1.38. The molecule has 0 aliphatic heterocycles. The molecule has 0 spiro atoms. The average Bonchev–Trinajstić information content (AvgIpc) is 2.70. The smallest absolute Gasteiger partial charge is 0.545 e. The van der Waals surface area contributed by atoms with Gasteiger partial charge in [-0.05, 0) is 51.0 Å². The van der Waals surface area contributed by atoms with Crippen molar-refractivity contribution in [2.45, 2.75) is 27.7 Å². The number of hydrogen-bond donors (Lipinski definition) is 0. The number of esters is 2. The van der Waals surface area contributed by atoms with Crippen LogP contribution in [0.4, 0.5) is 0 Å². The molecule has 0 aromatic heterocycles. The summed E-state index contributed by atoms with van der Waals surface area (Å²) in [6, 6.07) is 9.05. The fraction of sp³-hybridized carbons (Fsp3) is 0.167. The van der Waals surface area contributed by atoms with Crippen molar-refractivity contribution in [3.63, 3.8) is 0 Å². The van der Waals surface area contributed by atoms with Gasteiger partial charge in [0.05, 0.1) is 11.9 Å². The van der Waals surface area contributed by atoms with Crippen molar-refractivity contribution in [1.29, 1.82) is 0 Å². The Morgan fingerprint density at radius 2 is 1.00 bits per heavy atom. The Kier molecular flexibility index (Phi) is 11.7. The summed E-state index contributed by atoms with van der Waals surface area (Å²) >= 11 is 0. The van der Waals surface area contributed by atoms with Gasteiger partial charge >= 0.3 is 31.4 Å². The van der Waals surface area contributed by atoms with E-state index in [1.54, 1.807) is 38.1 Å². The molecule has 0 saturated carbocycles. The van der Waals surface area contributed by atoms with Gasteiger partial charge in [0.15, 0.2) is 0 Å². The topological polar surface area (TPSA) is 133 Å². The van der Waals surface area contributed by atoms with Gasteiger partial charge in [0.25, 0.3) is 0 Å². The number of hydrogen-bond acceptors (Lipinski definition) is 8. The summed E-state index contributed by atoms with van der Waals surface area (Å²) in [4.78, 5) is 44.2. The standard InChI is InChI=1S/2C12H12O4.Zn/c2*1-7(2)12(15)16-10-8(3)5-4-6-9(10)11(13)14;/h2*4-6H,1H2,2-3H3,(H,13,14);/q;;+2/p-2. The van der Waals surface area contributed by atoms with Crippen LogP contribution in [0.25, 0.3) is 0 Å². The molecule has 2 aromatic carbocycles. The Morgan fingerprint density at radius 1 is 0.697 bits per heavy atom. The van der Waals surface area contributed by atoms with Crippen molar-refractivity contribution in [1.82, 2.24) is 0 Å². The van der Waals surface area contributed by atoms with Crippen molar-refractivity contribution in [2.75, 3.05) is 0 Å². The van der Waals surface area contributed by atoms with Gasteiger partial charge in [-0.2, -0.15) is 0 Å². The molecular weight excluding hydrogens is 482 g/mol. The number of benzene rings is 2. The summed E-state index contributed by atoms with van der Waals surface area (Å²) in [5.41, 5.74) is 1.22. The summed E-state index contributed by atoms with van der Waals surface area (Å²) < 4.78 is 9.88. The average molecular weight is 504 g/mol. The number of rotatable bonds is 6. The predicted molar refractivity (Wildman–Crippen MR) is 112 cm³/mol. The first kappa shape index (κ1) is 29.4. The molecule has 2 aromatic rings. The van der Waals surface area contributed by atoms with E-state index < -0.39 is 23.9 Å². The number of carboxylic acids is 2. The summed E-state index contributed by atoms with van der Waals surface area (Å²) in [6.45, 7) is 13.1. The summed E-state index contributed by atoms with van der Waals surface area (Å²) in [5, 5.41) is 21.6. The third-order valence-electron chi connectivity index (χ3n) is 3.95. The van der Waals surface area contributed by atoms with Crippen LogP contribution in [0.5, 0.6) is 11.5 Å². The number of ether oxygens (including phenoxy) is 2. The molecule has 0 aliphatic rings. The molecular formula is C24H22O8Zn. The predicted octanol–water partition coefficient (Wildman–Crippen LogP) is 1.68. The van der Waals surface area contributed by atoms with Gasteiger partial charge in [-0.15, -0.1) is 0 Å². The Bertz CT molecular complexity index is 1010. The fourth-order valence-corrected chi connectivity index (χ4v) is 2.26. The molecule has 0 saturated heterocycles. The molecule has 9 heteroatoms. The molecule has 0 atom stereocenters. The minimum Gasteiger partial charge on any atom is -0.545 e. The largest absolute Gasteiger partial charge is 2.00 e. The SMILES string of the molecule is C=C(C)C(=O)Oc1c(C)cccc1C(=O)[O-].C=C(C)C(=O)Oc1c(C)cccc1C(=O)[O-].[Zn+2]. The molecule has 0 unspecified atom stereocenters. The second kappa shape index (κ2) is 13.1. The molecule has 8 nitrogen and oxygen atoms in total. The van der Waals surface area contributed by atoms with E-state index in [4.69, 9.17) is 9.47 Å². The first-order valence-corrected chi connectivity index (χ1v) is 9.24. The van der Waals surface area contributed by atoms with Crippen LogP contribution in [0.3, 0.4) is 0 Å². The minimum absolute atomic E-state index is 0. The van der Waals surface area contributed by atoms with Crippen LogP contribution < -0.4 is 19.7 Å². The molecule has 0 heterocycles. The van der Waals surface area contributed by atoms with Crippen molar-refractivity contribution in [2.24, 2.45) is 0 Å². The molecule has 0 radical (unpaired) electrons. The maximum Gasteiger partial charge on any atom is 2.00 e. The van der Waals surface area contributed by atoms with Crippen molar-refractivity contribution in [3.05, 3.63) is 83.0 Å². The summed E-state index contributed by atoms with van der Waals surface area (Å²) in [5.74, 6) is -4.05. The van der Waals surface area contributed by atoms with Gasteiger partial charge in [0.1, 0.15) is 11.5 Å². The van der Waals surface area contributed by atoms with Crippen LogP contribution in [0.15, 0.2) is 60.7 Å². The first-order chi connectivity index (χ1) is 14.9. The van der Waals surface area contributed by atoms with Crippen LogP contribution in [-0.4, -0.2) is 23.9 Å². The Labute approximate surface area is 204 Å². The molecule has 33 heavy (non-hydrogen) atoms. The molecule has 2 rings (SSSR count). The van der Waals surface area contributed by atoms with Crippen LogP contribution in [0.2, 0.25) is 0 Å². The van der Waals surface area contributed by atoms with Gasteiger partial charge in [0, 0.05) is 22.3 Å². The number of aryl methyl sites for hydroxylation is 2. The van der Waals surface area contributed by atoms with Crippen LogP contribution in [0.1, 0.15) is 45.7 Å². The number of carbonyl (C=O) groups is 4. The summed E-state index contributed by atoms with van der Waals surface area (Å²) in [7, 11) is 0. The quantitative estimate of drug-likeness (QED) is 0.252. The van der Waals surface area contributed by atoms with Crippen molar-refractivity contribution in [3.8, 4) is 11.5 Å². The second-order valence-corrected chi connectivity index (χ2v) is 6.82. The van der Waals surface area contributed by atoms with Gasteiger partial charge in [-0.3, -0.25) is 0 Å². The Balaban J connectivity index is 0.000000602. The van der Waals surface area contributed by atoms with E-state index in [-0.39, 0.29) is 53.3 Å². The van der Waals surface area contributed by atoms with E-state index in [9.17, 15) is 29.4 Å². The molecule has 0 fully saturated rings. The van der Waals surface area contributed by atoms with Gasteiger partial charge in [0.2, 0.25) is 0 Å². The zero-order valence-corrected chi connectivity index (χ0v) is 21.8. The third-order valence-corrected chi connectivity index (χ3v) is 3.95. The van der Waals surface area contributed by atoms with E-state index in [1.807, 2.05) is 0 Å². The van der Waals surface area contributed by atoms with Gasteiger partial charge < -0.3 is 29.3 Å². The monoisotopic (exact) mass is 502 g/mol. The van der Waals surface area contributed by atoms with E-state index >= 15 is 0 Å². The summed E-state index contributed by atoms with van der Waals surface area (Å²) in [6.07, 6.45) is 0. The Morgan fingerprint density at radius 3 is 1.24 bits per heavy atom. The molecule has 0 N–H and O–H groups in total. The first-order valence-electron chi connectivity index (χ1n) is 9.24. The third kappa shape index (κ3) is 8.46. The maximum atomic E-state index is 11.3. The van der Waals surface area contributed by atoms with Gasteiger partial charge in [-0.1, -0.05) is 37.4 Å². The van der Waals surface area contributed by atoms with Crippen LogP contribution in [0, 0.1) is 13.8 Å². The second-order valence-electron chi connectivity index (χ2n) is 6.82. The fourth-order valence-electron chi connectivity index (χ4n) is 2.26. The number of carbonyl (C=O) groups excluding carboxylic acids is 4. The van der Waals surface area contributed by atoms with E-state index in [0.717, 1.165) is 0 Å². The van der Waals surface area contributed by atoms with Crippen molar-refractivity contribution >= 4 is 23.9 Å². The zero-order chi connectivity index (χ0) is 24.6.